The van der Waals surface area contributed by atoms with Crippen molar-refractivity contribution < 1.29 is 4.79 Å². The third-order valence-electron chi connectivity index (χ3n) is 4.57. The average Bonchev–Trinajstić information content (AvgIpc) is 3.15. The van der Waals surface area contributed by atoms with E-state index in [-0.39, 0.29) is 17.3 Å². The quantitative estimate of drug-likeness (QED) is 0.567. The highest BCUT2D eigenvalue weighted by Gasteiger charge is 2.19. The second kappa shape index (κ2) is 7.67. The number of carbonyl (C=O) groups excluding carboxylic acids is 1. The van der Waals surface area contributed by atoms with Gasteiger partial charge in [-0.2, -0.15) is 5.10 Å². The maximum absolute atomic E-state index is 13.0. The second-order valence-electron chi connectivity index (χ2n) is 6.96. The summed E-state index contributed by atoms with van der Waals surface area (Å²) in [5.74, 6) is -0.134. The Morgan fingerprint density at radius 3 is 2.45 bits per heavy atom. The summed E-state index contributed by atoms with van der Waals surface area (Å²) < 4.78 is 3.07. The molecule has 4 rings (SSSR count). The van der Waals surface area contributed by atoms with E-state index >= 15 is 0 Å². The average molecular weight is 388 g/mol. The number of nitrogens with one attached hydrogen (secondary N) is 1. The van der Waals surface area contributed by atoms with Crippen LogP contribution >= 0.6 is 0 Å². The Morgan fingerprint density at radius 2 is 1.72 bits per heavy atom. The molecule has 0 aliphatic heterocycles. The van der Waals surface area contributed by atoms with E-state index in [0.717, 1.165) is 5.56 Å². The Balaban J connectivity index is 1.70. The fraction of sp³-hybridized carbons (Fsp3) is 0.190. The van der Waals surface area contributed by atoms with Crippen LogP contribution in [0, 0.1) is 0 Å². The van der Waals surface area contributed by atoms with Gasteiger partial charge in [0.25, 0.3) is 11.5 Å². The van der Waals surface area contributed by atoms with Gasteiger partial charge < -0.3 is 0 Å². The maximum atomic E-state index is 13.0. The molecule has 2 aromatic carbocycles. The number of anilines is 1. The SMILES string of the molecule is CC(C)n1nc(C(=O)Nc2nncn2Cc2ccccc2)c2ccccc2c1=O. The molecule has 0 spiro atoms. The molecule has 0 atom stereocenters. The van der Waals surface area contributed by atoms with E-state index in [1.165, 1.54) is 4.68 Å². The van der Waals surface area contributed by atoms with Crippen LogP contribution in [0.5, 0.6) is 0 Å². The molecular formula is C21H20N6O2. The Kier molecular flexibility index (Phi) is 4.90. The number of carbonyl (C=O) groups is 1. The highest BCUT2D eigenvalue weighted by molar-refractivity contribution is 6.10. The predicted molar refractivity (Wildman–Crippen MR) is 110 cm³/mol. The summed E-state index contributed by atoms with van der Waals surface area (Å²) >= 11 is 0. The van der Waals surface area contributed by atoms with Crippen molar-refractivity contribution in [3.8, 4) is 0 Å². The number of hydrogen-bond acceptors (Lipinski definition) is 5. The molecule has 0 radical (unpaired) electrons. The summed E-state index contributed by atoms with van der Waals surface area (Å²) in [6.45, 7) is 4.21. The van der Waals surface area contributed by atoms with Crippen molar-refractivity contribution in [3.05, 3.63) is 82.5 Å². The summed E-state index contributed by atoms with van der Waals surface area (Å²) in [7, 11) is 0. The van der Waals surface area contributed by atoms with Gasteiger partial charge >= 0.3 is 0 Å². The highest BCUT2D eigenvalue weighted by Crippen LogP contribution is 2.16. The Bertz CT molecular complexity index is 1230. The van der Waals surface area contributed by atoms with Gasteiger partial charge in [-0.05, 0) is 25.5 Å². The fourth-order valence-corrected chi connectivity index (χ4v) is 3.13. The number of nitrogens with zero attached hydrogens (tertiary/aromatic N) is 5. The van der Waals surface area contributed by atoms with Gasteiger partial charge in [0.05, 0.1) is 18.0 Å². The molecule has 1 amide bonds. The number of aromatic nitrogens is 5. The lowest BCUT2D eigenvalue weighted by atomic mass is 10.1. The third kappa shape index (κ3) is 3.64. The van der Waals surface area contributed by atoms with Gasteiger partial charge in [0.15, 0.2) is 5.69 Å². The van der Waals surface area contributed by atoms with Crippen molar-refractivity contribution in [2.24, 2.45) is 0 Å². The van der Waals surface area contributed by atoms with Crippen molar-refractivity contribution in [1.29, 1.82) is 0 Å². The van der Waals surface area contributed by atoms with E-state index in [1.54, 1.807) is 35.2 Å². The van der Waals surface area contributed by atoms with Crippen LogP contribution in [0.15, 0.2) is 65.7 Å². The number of hydrogen-bond donors (Lipinski definition) is 1. The molecule has 0 aliphatic rings. The van der Waals surface area contributed by atoms with Crippen LogP contribution in [0.1, 0.15) is 35.9 Å². The third-order valence-corrected chi connectivity index (χ3v) is 4.57. The predicted octanol–water partition coefficient (Wildman–Crippen LogP) is 2.87. The van der Waals surface area contributed by atoms with Gasteiger partial charge in [-0.3, -0.25) is 19.5 Å². The molecule has 0 unspecified atom stereocenters. The van der Waals surface area contributed by atoms with E-state index < -0.39 is 5.91 Å². The van der Waals surface area contributed by atoms with E-state index in [2.05, 4.69) is 20.6 Å². The zero-order chi connectivity index (χ0) is 20.4. The molecule has 8 heteroatoms. The molecule has 0 saturated heterocycles. The minimum Gasteiger partial charge on any atom is -0.295 e. The number of benzene rings is 2. The van der Waals surface area contributed by atoms with Crippen LogP contribution in [-0.4, -0.2) is 30.5 Å². The molecule has 0 bridgehead atoms. The van der Waals surface area contributed by atoms with Gasteiger partial charge in [-0.1, -0.05) is 48.5 Å². The topological polar surface area (TPSA) is 94.7 Å². The minimum absolute atomic E-state index is 0.170. The summed E-state index contributed by atoms with van der Waals surface area (Å²) in [6.07, 6.45) is 1.56. The minimum atomic E-state index is -0.446. The van der Waals surface area contributed by atoms with Gasteiger partial charge in [-0.15, -0.1) is 10.2 Å². The van der Waals surface area contributed by atoms with Crippen molar-refractivity contribution in [2.45, 2.75) is 26.4 Å². The highest BCUT2D eigenvalue weighted by atomic mass is 16.2. The molecule has 8 nitrogen and oxygen atoms in total. The normalized spacial score (nSPS) is 11.1. The lowest BCUT2D eigenvalue weighted by Gasteiger charge is -2.13. The van der Waals surface area contributed by atoms with E-state index in [1.807, 2.05) is 44.2 Å². The molecule has 0 fully saturated rings. The van der Waals surface area contributed by atoms with Crippen LogP contribution in [-0.2, 0) is 6.54 Å². The molecule has 146 valence electrons. The number of rotatable bonds is 5. The van der Waals surface area contributed by atoms with Gasteiger partial charge in [-0.25, -0.2) is 4.68 Å². The molecule has 4 aromatic rings. The fourth-order valence-electron chi connectivity index (χ4n) is 3.13. The van der Waals surface area contributed by atoms with E-state index in [4.69, 9.17) is 0 Å². The van der Waals surface area contributed by atoms with Crippen LogP contribution in [0.2, 0.25) is 0 Å². The smallest absolute Gasteiger partial charge is 0.279 e. The van der Waals surface area contributed by atoms with Gasteiger partial charge in [0, 0.05) is 5.39 Å². The molecule has 0 saturated carbocycles. The summed E-state index contributed by atoms with van der Waals surface area (Å²) in [5, 5.41) is 16.0. The zero-order valence-corrected chi connectivity index (χ0v) is 16.1. The summed E-state index contributed by atoms with van der Waals surface area (Å²) in [4.78, 5) is 25.7. The first-order valence-corrected chi connectivity index (χ1v) is 9.29. The molecule has 2 aromatic heterocycles. The molecular weight excluding hydrogens is 368 g/mol. The first-order valence-electron chi connectivity index (χ1n) is 9.29. The van der Waals surface area contributed by atoms with Crippen LogP contribution < -0.4 is 10.9 Å². The first-order chi connectivity index (χ1) is 14.0. The van der Waals surface area contributed by atoms with Crippen molar-refractivity contribution >= 4 is 22.6 Å². The number of amides is 1. The Labute approximate surface area is 166 Å². The second-order valence-corrected chi connectivity index (χ2v) is 6.96. The zero-order valence-electron chi connectivity index (χ0n) is 16.1. The van der Waals surface area contributed by atoms with E-state index in [9.17, 15) is 9.59 Å². The van der Waals surface area contributed by atoms with Crippen molar-refractivity contribution in [2.75, 3.05) is 5.32 Å². The first kappa shape index (κ1) is 18.5. The van der Waals surface area contributed by atoms with Gasteiger partial charge in [0.2, 0.25) is 5.95 Å². The molecule has 29 heavy (non-hydrogen) atoms. The van der Waals surface area contributed by atoms with Gasteiger partial charge in [0.1, 0.15) is 6.33 Å². The maximum Gasteiger partial charge on any atom is 0.279 e. The Hall–Kier alpha value is -3.81. The monoisotopic (exact) mass is 388 g/mol. The lowest BCUT2D eigenvalue weighted by molar-refractivity contribution is 0.102. The standard InChI is InChI=1S/C21H20N6O2/c1-14(2)27-20(29)17-11-7-6-10-16(17)18(25-27)19(28)23-21-24-22-13-26(21)12-15-8-4-3-5-9-15/h3-11,13-14H,12H2,1-2H3,(H,23,24,28). The number of fused-ring (bicyclic) bond motifs is 1. The van der Waals surface area contributed by atoms with Crippen LogP contribution in [0.25, 0.3) is 10.8 Å². The Morgan fingerprint density at radius 1 is 1.03 bits per heavy atom. The molecule has 2 heterocycles. The largest absolute Gasteiger partial charge is 0.295 e. The van der Waals surface area contributed by atoms with E-state index in [0.29, 0.717) is 23.3 Å². The van der Waals surface area contributed by atoms with Crippen molar-refractivity contribution in [1.82, 2.24) is 24.5 Å². The summed E-state index contributed by atoms with van der Waals surface area (Å²) in [6, 6.07) is 16.6. The summed E-state index contributed by atoms with van der Waals surface area (Å²) in [5.41, 5.74) is 1.00. The van der Waals surface area contributed by atoms with Crippen LogP contribution in [0.4, 0.5) is 5.95 Å². The van der Waals surface area contributed by atoms with Crippen LogP contribution in [0.3, 0.4) is 0 Å². The lowest BCUT2D eigenvalue weighted by Crippen LogP contribution is -2.29. The molecule has 0 aliphatic carbocycles. The molecule has 1 N–H and O–H groups in total. The van der Waals surface area contributed by atoms with Crippen molar-refractivity contribution in [3.63, 3.8) is 0 Å².